The molecule has 140 valence electrons. The summed E-state index contributed by atoms with van der Waals surface area (Å²) in [7, 11) is 0. The second-order valence-corrected chi connectivity index (χ2v) is 5.17. The van der Waals surface area contributed by atoms with E-state index in [0.717, 1.165) is 17.0 Å². The third kappa shape index (κ3) is 8.89. The Morgan fingerprint density at radius 2 is 1.37 bits per heavy atom. The van der Waals surface area contributed by atoms with Crippen molar-refractivity contribution in [3.8, 4) is 11.4 Å². The molecule has 0 aliphatic rings. The number of carboxylic acids is 1. The first kappa shape index (κ1) is 21.5. The zero-order valence-electron chi connectivity index (χ0n) is 14.6. The summed E-state index contributed by atoms with van der Waals surface area (Å²) < 4.78 is 0. The van der Waals surface area contributed by atoms with Crippen LogP contribution in [0.1, 0.15) is 5.56 Å². The summed E-state index contributed by atoms with van der Waals surface area (Å²) in [5.74, 6) is -0.959. The van der Waals surface area contributed by atoms with Gasteiger partial charge in [0.25, 0.3) is 6.47 Å². The molecular formula is C20H21N3O4. The van der Waals surface area contributed by atoms with E-state index in [9.17, 15) is 4.79 Å². The topological polar surface area (TPSA) is 126 Å². The Hall–Kier alpha value is -3.58. The summed E-state index contributed by atoms with van der Waals surface area (Å²) in [6.07, 6.45) is 3.92. The van der Waals surface area contributed by atoms with Crippen LogP contribution in [0.25, 0.3) is 11.4 Å². The van der Waals surface area contributed by atoms with Crippen molar-refractivity contribution in [3.63, 3.8) is 0 Å². The summed E-state index contributed by atoms with van der Waals surface area (Å²) in [5, 5.41) is 15.4. The van der Waals surface area contributed by atoms with Gasteiger partial charge in [-0.1, -0.05) is 42.5 Å². The fraction of sp³-hybridized carbons (Fsp3) is 0.100. The number of carbonyl (C=O) groups is 2. The van der Waals surface area contributed by atoms with Crippen molar-refractivity contribution >= 4 is 12.4 Å². The Kier molecular flexibility index (Phi) is 10.1. The summed E-state index contributed by atoms with van der Waals surface area (Å²) in [4.78, 5) is 27.1. The van der Waals surface area contributed by atoms with Crippen LogP contribution in [0.3, 0.4) is 0 Å². The molecule has 7 nitrogen and oxygen atoms in total. The number of hydrogen-bond acceptors (Lipinski definition) is 5. The maximum absolute atomic E-state index is 10.4. The molecule has 7 heteroatoms. The van der Waals surface area contributed by atoms with Crippen molar-refractivity contribution in [2.75, 3.05) is 0 Å². The van der Waals surface area contributed by atoms with Crippen molar-refractivity contribution in [1.82, 2.24) is 9.97 Å². The average Bonchev–Trinajstić information content (AvgIpc) is 2.71. The van der Waals surface area contributed by atoms with Gasteiger partial charge in [-0.25, -0.2) is 0 Å². The lowest BCUT2D eigenvalue weighted by molar-refractivity contribution is -0.138. The lowest BCUT2D eigenvalue weighted by atomic mass is 10.1. The molecule has 2 aromatic heterocycles. The number of benzene rings is 1. The van der Waals surface area contributed by atoms with Gasteiger partial charge >= 0.3 is 5.97 Å². The number of nitrogens with two attached hydrogens (primary N) is 1. The van der Waals surface area contributed by atoms with E-state index in [0.29, 0.717) is 6.42 Å². The van der Waals surface area contributed by atoms with Crippen molar-refractivity contribution in [2.24, 2.45) is 5.73 Å². The fourth-order valence-electron chi connectivity index (χ4n) is 1.98. The summed E-state index contributed by atoms with van der Waals surface area (Å²) >= 11 is 0. The van der Waals surface area contributed by atoms with Gasteiger partial charge in [0.05, 0.1) is 11.4 Å². The molecule has 1 unspecified atom stereocenters. The summed E-state index contributed by atoms with van der Waals surface area (Å²) in [5.41, 5.74) is 8.13. The van der Waals surface area contributed by atoms with Crippen molar-refractivity contribution < 1.29 is 19.8 Å². The second-order valence-electron chi connectivity index (χ2n) is 5.17. The molecule has 1 aromatic carbocycles. The van der Waals surface area contributed by atoms with Gasteiger partial charge in [0.2, 0.25) is 0 Å². The number of carboxylic acid groups (broad SMARTS) is 2. The number of nitrogens with zero attached hydrogens (tertiary/aromatic N) is 2. The van der Waals surface area contributed by atoms with Gasteiger partial charge in [-0.3, -0.25) is 19.6 Å². The Bertz CT molecular complexity index is 747. The molecule has 4 N–H and O–H groups in total. The Morgan fingerprint density at radius 1 is 0.926 bits per heavy atom. The number of aromatic nitrogens is 2. The molecule has 0 radical (unpaired) electrons. The number of aliphatic carboxylic acids is 1. The summed E-state index contributed by atoms with van der Waals surface area (Å²) in [6.45, 7) is -0.250. The van der Waals surface area contributed by atoms with Crippen LogP contribution in [0.5, 0.6) is 0 Å². The molecule has 2 heterocycles. The van der Waals surface area contributed by atoms with Crippen LogP contribution in [0.4, 0.5) is 0 Å². The third-order valence-corrected chi connectivity index (χ3v) is 3.21. The fourth-order valence-corrected chi connectivity index (χ4v) is 1.98. The zero-order valence-corrected chi connectivity index (χ0v) is 14.6. The van der Waals surface area contributed by atoms with Gasteiger partial charge in [0, 0.05) is 12.4 Å². The predicted octanol–water partition coefficient (Wildman–Crippen LogP) is 2.49. The minimum absolute atomic E-state index is 0.250. The highest BCUT2D eigenvalue weighted by Gasteiger charge is 2.10. The Labute approximate surface area is 157 Å². The van der Waals surface area contributed by atoms with Gasteiger partial charge in [-0.2, -0.15) is 0 Å². The van der Waals surface area contributed by atoms with E-state index in [1.807, 2.05) is 66.7 Å². The minimum Gasteiger partial charge on any atom is -0.483 e. The standard InChI is InChI=1S/C10H8N2.C9H11NO2.CH2O2/c1-3-7-11-9(5-1)10-6-2-4-8-12-10;10-8(9(11)12)6-7-4-2-1-3-5-7;2-1-3/h1-8H;1-5,8H,6,10H2,(H,11,12);1H,(H,2,3). The quantitative estimate of drug-likeness (QED) is 0.605. The van der Waals surface area contributed by atoms with Gasteiger partial charge in [-0.15, -0.1) is 0 Å². The molecule has 0 spiro atoms. The van der Waals surface area contributed by atoms with Crippen LogP contribution in [-0.2, 0) is 16.0 Å². The van der Waals surface area contributed by atoms with E-state index < -0.39 is 12.0 Å². The lowest BCUT2D eigenvalue weighted by Crippen LogP contribution is -2.32. The minimum atomic E-state index is -0.959. The normalized spacial score (nSPS) is 10.3. The van der Waals surface area contributed by atoms with Crippen molar-refractivity contribution in [3.05, 3.63) is 84.7 Å². The number of rotatable bonds is 4. The molecule has 27 heavy (non-hydrogen) atoms. The number of hydrogen-bond donors (Lipinski definition) is 3. The lowest BCUT2D eigenvalue weighted by Gasteiger charge is -2.04. The van der Waals surface area contributed by atoms with Gasteiger partial charge in [0.1, 0.15) is 6.04 Å². The van der Waals surface area contributed by atoms with Crippen LogP contribution in [0, 0.1) is 0 Å². The molecule has 0 saturated heterocycles. The first-order valence-corrected chi connectivity index (χ1v) is 8.01. The molecule has 0 saturated carbocycles. The van der Waals surface area contributed by atoms with E-state index in [-0.39, 0.29) is 6.47 Å². The van der Waals surface area contributed by atoms with Crippen LogP contribution in [0.2, 0.25) is 0 Å². The molecular weight excluding hydrogens is 346 g/mol. The van der Waals surface area contributed by atoms with E-state index in [1.165, 1.54) is 0 Å². The van der Waals surface area contributed by atoms with Crippen LogP contribution >= 0.6 is 0 Å². The zero-order chi connectivity index (χ0) is 19.9. The molecule has 0 aliphatic carbocycles. The number of pyridine rings is 2. The average molecular weight is 367 g/mol. The third-order valence-electron chi connectivity index (χ3n) is 3.21. The molecule has 0 aliphatic heterocycles. The molecule has 0 fully saturated rings. The molecule has 3 rings (SSSR count). The largest absolute Gasteiger partial charge is 0.483 e. The van der Waals surface area contributed by atoms with Crippen LogP contribution in [0.15, 0.2) is 79.1 Å². The molecule has 3 aromatic rings. The highest BCUT2D eigenvalue weighted by Crippen LogP contribution is 2.10. The highest BCUT2D eigenvalue weighted by molar-refractivity contribution is 5.73. The smallest absolute Gasteiger partial charge is 0.320 e. The maximum atomic E-state index is 10.4. The Balaban J connectivity index is 0.000000236. The van der Waals surface area contributed by atoms with E-state index in [1.54, 1.807) is 12.4 Å². The van der Waals surface area contributed by atoms with Gasteiger partial charge in [-0.05, 0) is 36.2 Å². The van der Waals surface area contributed by atoms with Crippen LogP contribution < -0.4 is 5.73 Å². The summed E-state index contributed by atoms with van der Waals surface area (Å²) in [6, 6.07) is 20.1. The molecule has 1 atom stereocenters. The van der Waals surface area contributed by atoms with E-state index in [2.05, 4.69) is 9.97 Å². The predicted molar refractivity (Wildman–Crippen MR) is 102 cm³/mol. The van der Waals surface area contributed by atoms with E-state index in [4.69, 9.17) is 20.7 Å². The Morgan fingerprint density at radius 3 is 1.74 bits per heavy atom. The monoisotopic (exact) mass is 367 g/mol. The first-order valence-electron chi connectivity index (χ1n) is 8.01. The van der Waals surface area contributed by atoms with Gasteiger partial charge < -0.3 is 15.9 Å². The SMILES string of the molecule is NC(Cc1ccccc1)C(=O)O.O=CO.c1ccc(-c2ccccn2)nc1. The second kappa shape index (κ2) is 12.7. The first-order chi connectivity index (χ1) is 13.1. The van der Waals surface area contributed by atoms with Gasteiger partial charge in [0.15, 0.2) is 0 Å². The molecule has 0 bridgehead atoms. The highest BCUT2D eigenvalue weighted by atomic mass is 16.4. The van der Waals surface area contributed by atoms with Crippen molar-refractivity contribution in [1.29, 1.82) is 0 Å². The van der Waals surface area contributed by atoms with Crippen LogP contribution in [-0.4, -0.2) is 38.7 Å². The van der Waals surface area contributed by atoms with E-state index >= 15 is 0 Å². The maximum Gasteiger partial charge on any atom is 0.320 e. The van der Waals surface area contributed by atoms with Crippen molar-refractivity contribution in [2.45, 2.75) is 12.5 Å². The molecule has 0 amide bonds.